The molecule has 0 unspecified atom stereocenters. The monoisotopic (exact) mass is 451 g/mol. The summed E-state index contributed by atoms with van der Waals surface area (Å²) >= 11 is 6.04. The van der Waals surface area contributed by atoms with Gasteiger partial charge in [0, 0.05) is 19.7 Å². The third kappa shape index (κ3) is 4.61. The van der Waals surface area contributed by atoms with E-state index in [4.69, 9.17) is 25.6 Å². The number of carbonyl (C=O) groups excluding carboxylic acids is 1. The maximum atomic E-state index is 12.4. The van der Waals surface area contributed by atoms with Crippen molar-refractivity contribution >= 4 is 27.6 Å². The summed E-state index contributed by atoms with van der Waals surface area (Å²) in [5, 5.41) is 3.91. The molecule has 0 amide bonds. The van der Waals surface area contributed by atoms with Crippen molar-refractivity contribution in [3.05, 3.63) is 58.9 Å². The Hall–Kier alpha value is -2.95. The summed E-state index contributed by atoms with van der Waals surface area (Å²) in [4.78, 5) is 16.5. The first kappa shape index (κ1) is 21.8. The first-order valence-corrected chi connectivity index (χ1v) is 10.4. The van der Waals surface area contributed by atoms with Crippen LogP contribution in [0.5, 0.6) is 5.75 Å². The van der Waals surface area contributed by atoms with Gasteiger partial charge in [0.2, 0.25) is 15.8 Å². The molecule has 0 saturated heterocycles. The number of nitrogens with zero attached hydrogens (tertiary/aromatic N) is 3. The number of esters is 1. The summed E-state index contributed by atoms with van der Waals surface area (Å²) in [5.41, 5.74) is 0.576. The number of carbonyl (C=O) groups is 1. The average Bonchev–Trinajstić information content (AvgIpc) is 3.21. The second-order valence-corrected chi connectivity index (χ2v) is 8.81. The quantitative estimate of drug-likeness (QED) is 0.504. The van der Waals surface area contributed by atoms with E-state index in [9.17, 15) is 13.2 Å². The number of benzene rings is 2. The Balaban J connectivity index is 1.74. The number of methoxy groups -OCH3 is 1. The Morgan fingerprint density at radius 2 is 1.97 bits per heavy atom. The van der Waals surface area contributed by atoms with E-state index in [-0.39, 0.29) is 28.0 Å². The number of halogens is 1. The molecule has 1 aromatic heterocycles. The molecule has 0 fully saturated rings. The van der Waals surface area contributed by atoms with E-state index >= 15 is 0 Å². The van der Waals surface area contributed by atoms with Crippen LogP contribution in [-0.2, 0) is 21.4 Å². The Morgan fingerprint density at radius 3 is 2.67 bits per heavy atom. The van der Waals surface area contributed by atoms with Crippen molar-refractivity contribution in [3.63, 3.8) is 0 Å². The molecule has 0 aliphatic carbocycles. The highest BCUT2D eigenvalue weighted by Gasteiger charge is 2.22. The molecule has 2 aromatic carbocycles. The maximum absolute atomic E-state index is 12.4. The molecule has 0 spiro atoms. The second kappa shape index (κ2) is 8.82. The van der Waals surface area contributed by atoms with Gasteiger partial charge in [-0.3, -0.25) is 0 Å². The molecule has 0 saturated carbocycles. The maximum Gasteiger partial charge on any atom is 0.340 e. The van der Waals surface area contributed by atoms with Gasteiger partial charge in [-0.2, -0.15) is 4.98 Å². The molecule has 3 rings (SSSR count). The van der Waals surface area contributed by atoms with Crippen LogP contribution >= 0.6 is 11.6 Å². The van der Waals surface area contributed by atoms with Crippen LogP contribution in [0.3, 0.4) is 0 Å². The lowest BCUT2D eigenvalue weighted by Gasteiger charge is -2.12. The van der Waals surface area contributed by atoms with E-state index in [0.717, 1.165) is 10.4 Å². The van der Waals surface area contributed by atoms with Crippen LogP contribution in [0.25, 0.3) is 11.4 Å². The van der Waals surface area contributed by atoms with Crippen LogP contribution in [0.1, 0.15) is 16.2 Å². The van der Waals surface area contributed by atoms with Gasteiger partial charge in [-0.1, -0.05) is 28.9 Å². The standard InChI is InChI=1S/C19H18ClN3O6S/c1-23(2)30(25,26)14-7-8-16(20)15(10-14)19(24)28-11-17-21-18(22-29-17)12-5-4-6-13(9-12)27-3/h4-10H,11H2,1-3H3. The van der Waals surface area contributed by atoms with E-state index in [0.29, 0.717) is 17.1 Å². The second-order valence-electron chi connectivity index (χ2n) is 6.25. The average molecular weight is 452 g/mol. The number of hydrogen-bond donors (Lipinski definition) is 0. The lowest BCUT2D eigenvalue weighted by atomic mass is 10.2. The van der Waals surface area contributed by atoms with E-state index < -0.39 is 16.0 Å². The SMILES string of the molecule is COc1cccc(-c2noc(COC(=O)c3cc(S(=O)(=O)N(C)C)ccc3Cl)n2)c1. The van der Waals surface area contributed by atoms with Crippen molar-refractivity contribution < 1.29 is 27.2 Å². The molecule has 0 N–H and O–H groups in total. The fourth-order valence-electron chi connectivity index (χ4n) is 2.43. The molecule has 1 heterocycles. The zero-order valence-corrected chi connectivity index (χ0v) is 17.9. The minimum Gasteiger partial charge on any atom is -0.497 e. The molecule has 0 aliphatic rings. The minimum atomic E-state index is -3.73. The molecule has 9 nitrogen and oxygen atoms in total. The van der Waals surface area contributed by atoms with Crippen LogP contribution in [0.2, 0.25) is 5.02 Å². The van der Waals surface area contributed by atoms with E-state index in [1.165, 1.54) is 26.2 Å². The first-order chi connectivity index (χ1) is 14.2. The summed E-state index contributed by atoms with van der Waals surface area (Å²) in [6.07, 6.45) is 0. The normalized spacial score (nSPS) is 11.5. The van der Waals surface area contributed by atoms with Gasteiger partial charge in [-0.15, -0.1) is 0 Å². The molecule has 158 valence electrons. The van der Waals surface area contributed by atoms with E-state index in [1.54, 1.807) is 31.4 Å². The largest absolute Gasteiger partial charge is 0.497 e. The Labute approximate surface area is 178 Å². The summed E-state index contributed by atoms with van der Waals surface area (Å²) < 4.78 is 41.0. The zero-order valence-electron chi connectivity index (χ0n) is 16.3. The first-order valence-electron chi connectivity index (χ1n) is 8.58. The summed E-state index contributed by atoms with van der Waals surface area (Å²) in [7, 11) is 0.584. The van der Waals surface area contributed by atoms with Gasteiger partial charge in [-0.05, 0) is 30.3 Å². The van der Waals surface area contributed by atoms with Gasteiger partial charge >= 0.3 is 5.97 Å². The van der Waals surface area contributed by atoms with Crippen molar-refractivity contribution in [1.82, 2.24) is 14.4 Å². The summed E-state index contributed by atoms with van der Waals surface area (Å²) in [6.45, 7) is -0.309. The van der Waals surface area contributed by atoms with Crippen molar-refractivity contribution in [2.75, 3.05) is 21.2 Å². The Morgan fingerprint density at radius 1 is 1.20 bits per heavy atom. The summed E-state index contributed by atoms with van der Waals surface area (Å²) in [6, 6.07) is 10.9. The van der Waals surface area contributed by atoms with Crippen LogP contribution in [0.15, 0.2) is 51.9 Å². The third-order valence-electron chi connectivity index (χ3n) is 4.06. The number of ether oxygens (including phenoxy) is 2. The highest BCUT2D eigenvalue weighted by atomic mass is 35.5. The van der Waals surface area contributed by atoms with E-state index in [1.807, 2.05) is 0 Å². The van der Waals surface area contributed by atoms with Crippen molar-refractivity contribution in [1.29, 1.82) is 0 Å². The lowest BCUT2D eigenvalue weighted by molar-refractivity contribution is 0.0429. The molecule has 0 atom stereocenters. The molecular weight excluding hydrogens is 434 g/mol. The third-order valence-corrected chi connectivity index (χ3v) is 6.20. The van der Waals surface area contributed by atoms with Crippen LogP contribution in [-0.4, -0.2) is 50.0 Å². The molecule has 0 aliphatic heterocycles. The highest BCUT2D eigenvalue weighted by molar-refractivity contribution is 7.89. The van der Waals surface area contributed by atoms with Gasteiger partial charge in [0.25, 0.3) is 5.89 Å². The van der Waals surface area contributed by atoms with Gasteiger partial charge in [0.15, 0.2) is 6.61 Å². The molecular formula is C19H18ClN3O6S. The fourth-order valence-corrected chi connectivity index (χ4v) is 3.55. The Bertz CT molecular complexity index is 1180. The molecule has 0 bridgehead atoms. The van der Waals surface area contributed by atoms with Gasteiger partial charge in [-0.25, -0.2) is 17.5 Å². The van der Waals surface area contributed by atoms with Crippen molar-refractivity contribution in [2.45, 2.75) is 11.5 Å². The zero-order chi connectivity index (χ0) is 21.9. The van der Waals surface area contributed by atoms with Crippen LogP contribution in [0.4, 0.5) is 0 Å². The lowest BCUT2D eigenvalue weighted by Crippen LogP contribution is -2.22. The molecule has 3 aromatic rings. The minimum absolute atomic E-state index is 0.0558. The van der Waals surface area contributed by atoms with Crippen LogP contribution in [0, 0.1) is 0 Å². The van der Waals surface area contributed by atoms with Gasteiger partial charge in [0.1, 0.15) is 5.75 Å². The number of aromatic nitrogens is 2. The highest BCUT2D eigenvalue weighted by Crippen LogP contribution is 2.24. The fraction of sp³-hybridized carbons (Fsp3) is 0.211. The molecule has 30 heavy (non-hydrogen) atoms. The number of sulfonamides is 1. The molecule has 0 radical (unpaired) electrons. The van der Waals surface area contributed by atoms with Gasteiger partial charge in [0.05, 0.1) is 22.6 Å². The van der Waals surface area contributed by atoms with Crippen LogP contribution < -0.4 is 4.74 Å². The molecule has 11 heteroatoms. The topological polar surface area (TPSA) is 112 Å². The smallest absolute Gasteiger partial charge is 0.340 e. The number of hydrogen-bond acceptors (Lipinski definition) is 8. The predicted molar refractivity (Wildman–Crippen MR) is 108 cm³/mol. The van der Waals surface area contributed by atoms with E-state index in [2.05, 4.69) is 10.1 Å². The predicted octanol–water partition coefficient (Wildman–Crippen LogP) is 3.01. The van der Waals surface area contributed by atoms with Crippen molar-refractivity contribution in [2.24, 2.45) is 0 Å². The van der Waals surface area contributed by atoms with Crippen molar-refractivity contribution in [3.8, 4) is 17.1 Å². The van der Waals surface area contributed by atoms with Gasteiger partial charge < -0.3 is 14.0 Å². The number of rotatable bonds is 7. The summed E-state index contributed by atoms with van der Waals surface area (Å²) in [5.74, 6) is 0.177. The Kier molecular flexibility index (Phi) is 6.40.